The van der Waals surface area contributed by atoms with Crippen LogP contribution in [-0.4, -0.2) is 17.8 Å². The molecule has 2 rings (SSSR count). The maximum atomic E-state index is 9.61. The number of rotatable bonds is 1. The van der Waals surface area contributed by atoms with E-state index < -0.39 is 0 Å². The summed E-state index contributed by atoms with van der Waals surface area (Å²) in [5.41, 5.74) is 2.40. The number of aliphatic hydroxyl groups excluding tert-OH is 1. The number of hydrogen-bond donors (Lipinski definition) is 1. The predicted octanol–water partition coefficient (Wildman–Crippen LogP) is 2.97. The molecule has 2 nitrogen and oxygen atoms in total. The predicted molar refractivity (Wildman–Crippen MR) is 62.8 cm³/mol. The fourth-order valence-electron chi connectivity index (χ4n) is 1.95. The van der Waals surface area contributed by atoms with Crippen molar-refractivity contribution in [3.05, 3.63) is 33.8 Å². The second kappa shape index (κ2) is 4.64. The lowest BCUT2D eigenvalue weighted by Crippen LogP contribution is -2.23. The molecule has 0 bridgehead atoms. The summed E-state index contributed by atoms with van der Waals surface area (Å²) in [6.45, 7) is 2.73. The minimum Gasteiger partial charge on any atom is -0.393 e. The first-order valence-electron chi connectivity index (χ1n) is 5.22. The highest BCUT2D eigenvalue weighted by atomic mass is 79.9. The van der Waals surface area contributed by atoms with Crippen molar-refractivity contribution < 1.29 is 9.84 Å². The maximum absolute atomic E-state index is 9.61. The van der Waals surface area contributed by atoms with Crippen molar-refractivity contribution in [2.75, 3.05) is 6.61 Å². The van der Waals surface area contributed by atoms with Crippen LogP contribution in [0.25, 0.3) is 0 Å². The van der Waals surface area contributed by atoms with E-state index in [0.717, 1.165) is 10.9 Å². The Hall–Kier alpha value is -0.380. The molecule has 0 aliphatic carbocycles. The van der Waals surface area contributed by atoms with Gasteiger partial charge in [-0.2, -0.15) is 0 Å². The normalized spacial score (nSPS) is 26.6. The first-order chi connectivity index (χ1) is 7.16. The summed E-state index contributed by atoms with van der Waals surface area (Å²) in [5.74, 6) is 0. The van der Waals surface area contributed by atoms with Crippen LogP contribution in [0.4, 0.5) is 0 Å². The highest BCUT2D eigenvalue weighted by Gasteiger charge is 2.23. The van der Waals surface area contributed by atoms with Crippen LogP contribution in [0, 0.1) is 6.92 Å². The molecule has 15 heavy (non-hydrogen) atoms. The fourth-order valence-corrected chi connectivity index (χ4v) is 2.33. The average molecular weight is 271 g/mol. The van der Waals surface area contributed by atoms with E-state index in [0.29, 0.717) is 13.0 Å². The summed E-state index contributed by atoms with van der Waals surface area (Å²) in [5, 5.41) is 9.61. The van der Waals surface area contributed by atoms with Gasteiger partial charge in [-0.05, 0) is 36.6 Å². The van der Waals surface area contributed by atoms with Crippen molar-refractivity contribution in [1.82, 2.24) is 0 Å². The second-order valence-electron chi connectivity index (χ2n) is 4.04. The number of benzene rings is 1. The van der Waals surface area contributed by atoms with E-state index in [4.69, 9.17) is 4.74 Å². The van der Waals surface area contributed by atoms with Crippen LogP contribution in [0.15, 0.2) is 22.7 Å². The van der Waals surface area contributed by atoms with Crippen molar-refractivity contribution >= 4 is 15.9 Å². The van der Waals surface area contributed by atoms with E-state index in [1.165, 1.54) is 11.1 Å². The Balaban J connectivity index is 2.24. The average Bonchev–Trinajstić information content (AvgIpc) is 2.22. The van der Waals surface area contributed by atoms with E-state index in [-0.39, 0.29) is 12.2 Å². The van der Waals surface area contributed by atoms with E-state index in [2.05, 4.69) is 35.0 Å². The minimum absolute atomic E-state index is 0.0475. The van der Waals surface area contributed by atoms with Gasteiger partial charge in [0.25, 0.3) is 0 Å². The smallest absolute Gasteiger partial charge is 0.0852 e. The molecule has 1 aliphatic heterocycles. The molecule has 0 saturated carbocycles. The highest BCUT2D eigenvalue weighted by molar-refractivity contribution is 9.10. The number of aryl methyl sites for hydroxylation is 1. The van der Waals surface area contributed by atoms with Gasteiger partial charge in [0.15, 0.2) is 0 Å². The second-order valence-corrected chi connectivity index (χ2v) is 4.95. The topological polar surface area (TPSA) is 29.5 Å². The van der Waals surface area contributed by atoms with Gasteiger partial charge in [0.2, 0.25) is 0 Å². The Morgan fingerprint density at radius 1 is 1.47 bits per heavy atom. The number of ether oxygens (including phenoxy) is 1. The number of halogens is 1. The van der Waals surface area contributed by atoms with Crippen LogP contribution >= 0.6 is 15.9 Å². The molecular weight excluding hydrogens is 256 g/mol. The Morgan fingerprint density at radius 3 is 3.00 bits per heavy atom. The summed E-state index contributed by atoms with van der Waals surface area (Å²) in [4.78, 5) is 0. The molecule has 1 saturated heterocycles. The van der Waals surface area contributed by atoms with Gasteiger partial charge in [-0.1, -0.05) is 22.0 Å². The molecule has 0 radical (unpaired) electrons. The third-order valence-electron chi connectivity index (χ3n) is 2.84. The molecule has 0 aromatic heterocycles. The third-order valence-corrected chi connectivity index (χ3v) is 3.34. The standard InChI is InChI=1S/C12H15BrO2/c1-8-2-3-9(13)6-11(8)12-7-10(14)4-5-15-12/h2-3,6,10,12,14H,4-5,7H2,1H3. The molecule has 82 valence electrons. The van der Waals surface area contributed by atoms with Crippen LogP contribution in [-0.2, 0) is 4.74 Å². The molecule has 1 aromatic carbocycles. The highest BCUT2D eigenvalue weighted by Crippen LogP contribution is 2.31. The summed E-state index contributed by atoms with van der Waals surface area (Å²) >= 11 is 3.46. The van der Waals surface area contributed by atoms with Crippen LogP contribution < -0.4 is 0 Å². The summed E-state index contributed by atoms with van der Waals surface area (Å²) in [6, 6.07) is 6.18. The lowest BCUT2D eigenvalue weighted by atomic mass is 9.96. The molecule has 1 aliphatic rings. The van der Waals surface area contributed by atoms with Gasteiger partial charge in [-0.15, -0.1) is 0 Å². The summed E-state index contributed by atoms with van der Waals surface area (Å²) in [7, 11) is 0. The van der Waals surface area contributed by atoms with E-state index in [1.807, 2.05) is 6.07 Å². The van der Waals surface area contributed by atoms with Crippen LogP contribution in [0.1, 0.15) is 30.1 Å². The first kappa shape index (κ1) is 11.1. The SMILES string of the molecule is Cc1ccc(Br)cc1C1CC(O)CCO1. The van der Waals surface area contributed by atoms with Crippen LogP contribution in [0.3, 0.4) is 0 Å². The molecule has 0 spiro atoms. The molecule has 1 aromatic rings. The van der Waals surface area contributed by atoms with Crippen molar-refractivity contribution in [2.45, 2.75) is 32.0 Å². The van der Waals surface area contributed by atoms with Gasteiger partial charge in [-0.25, -0.2) is 0 Å². The first-order valence-corrected chi connectivity index (χ1v) is 6.02. The van der Waals surface area contributed by atoms with Crippen molar-refractivity contribution in [2.24, 2.45) is 0 Å². The summed E-state index contributed by atoms with van der Waals surface area (Å²) in [6.07, 6.45) is 1.29. The molecule has 2 unspecified atom stereocenters. The zero-order valence-electron chi connectivity index (χ0n) is 8.74. The zero-order chi connectivity index (χ0) is 10.8. The van der Waals surface area contributed by atoms with Crippen LogP contribution in [0.5, 0.6) is 0 Å². The lowest BCUT2D eigenvalue weighted by molar-refractivity contribution is -0.0450. The zero-order valence-corrected chi connectivity index (χ0v) is 10.3. The van der Waals surface area contributed by atoms with E-state index in [9.17, 15) is 5.11 Å². The largest absolute Gasteiger partial charge is 0.393 e. The van der Waals surface area contributed by atoms with Gasteiger partial charge in [-0.3, -0.25) is 0 Å². The van der Waals surface area contributed by atoms with Crippen molar-refractivity contribution in [1.29, 1.82) is 0 Å². The van der Waals surface area contributed by atoms with E-state index in [1.54, 1.807) is 0 Å². The monoisotopic (exact) mass is 270 g/mol. The molecule has 3 heteroatoms. The van der Waals surface area contributed by atoms with Gasteiger partial charge in [0.05, 0.1) is 12.2 Å². The van der Waals surface area contributed by atoms with Crippen molar-refractivity contribution in [3.8, 4) is 0 Å². The Labute approximate surface area is 98.4 Å². The molecule has 0 amide bonds. The quantitative estimate of drug-likeness (QED) is 0.850. The molecule has 1 heterocycles. The van der Waals surface area contributed by atoms with Crippen LogP contribution in [0.2, 0.25) is 0 Å². The van der Waals surface area contributed by atoms with Gasteiger partial charge in [0.1, 0.15) is 0 Å². The fraction of sp³-hybridized carbons (Fsp3) is 0.500. The van der Waals surface area contributed by atoms with E-state index >= 15 is 0 Å². The summed E-state index contributed by atoms with van der Waals surface area (Å²) < 4.78 is 6.75. The lowest BCUT2D eigenvalue weighted by Gasteiger charge is -2.28. The van der Waals surface area contributed by atoms with Crippen molar-refractivity contribution in [3.63, 3.8) is 0 Å². The Bertz CT molecular complexity index is 351. The van der Waals surface area contributed by atoms with Gasteiger partial charge >= 0.3 is 0 Å². The molecule has 1 N–H and O–H groups in total. The van der Waals surface area contributed by atoms with Gasteiger partial charge in [0, 0.05) is 17.5 Å². The molecule has 1 fully saturated rings. The molecular formula is C12H15BrO2. The molecule has 2 atom stereocenters. The minimum atomic E-state index is -0.220. The maximum Gasteiger partial charge on any atom is 0.0852 e. The number of aliphatic hydroxyl groups is 1. The Kier molecular flexibility index (Phi) is 3.44. The van der Waals surface area contributed by atoms with Gasteiger partial charge < -0.3 is 9.84 Å². The third kappa shape index (κ3) is 2.60. The number of hydrogen-bond acceptors (Lipinski definition) is 2. The Morgan fingerprint density at radius 2 is 2.27 bits per heavy atom.